The monoisotopic (exact) mass is 261 g/mol. The van der Waals surface area contributed by atoms with E-state index >= 15 is 0 Å². The van der Waals surface area contributed by atoms with Gasteiger partial charge < -0.3 is 10.1 Å². The molecular formula is C17H27NO. The third kappa shape index (κ3) is 5.75. The van der Waals surface area contributed by atoms with Gasteiger partial charge in [-0.3, -0.25) is 0 Å². The molecule has 0 heterocycles. The van der Waals surface area contributed by atoms with Gasteiger partial charge in [-0.05, 0) is 38.2 Å². The lowest BCUT2D eigenvalue weighted by Crippen LogP contribution is -2.34. The van der Waals surface area contributed by atoms with Gasteiger partial charge in [-0.1, -0.05) is 43.2 Å². The summed E-state index contributed by atoms with van der Waals surface area (Å²) in [5, 5.41) is 3.61. The van der Waals surface area contributed by atoms with E-state index in [0.29, 0.717) is 6.10 Å². The molecule has 1 N–H and O–H groups in total. The van der Waals surface area contributed by atoms with Crippen LogP contribution in [-0.4, -0.2) is 25.3 Å². The summed E-state index contributed by atoms with van der Waals surface area (Å²) >= 11 is 0. The summed E-state index contributed by atoms with van der Waals surface area (Å²) in [5.41, 5.74) is 1.41. The van der Waals surface area contributed by atoms with E-state index in [0.717, 1.165) is 32.0 Å². The molecule has 2 heteroatoms. The SMILES string of the molecule is CC(CNC1CCCC1)OCCCc1ccccc1. The van der Waals surface area contributed by atoms with Crippen LogP contribution >= 0.6 is 0 Å². The summed E-state index contributed by atoms with van der Waals surface area (Å²) in [6.45, 7) is 4.03. The van der Waals surface area contributed by atoms with Crippen molar-refractivity contribution in [1.82, 2.24) is 5.32 Å². The second kappa shape index (κ2) is 8.34. The van der Waals surface area contributed by atoms with E-state index in [9.17, 15) is 0 Å². The number of nitrogens with one attached hydrogen (secondary N) is 1. The predicted molar refractivity (Wildman–Crippen MR) is 80.4 cm³/mol. The van der Waals surface area contributed by atoms with Crippen LogP contribution in [0.25, 0.3) is 0 Å². The van der Waals surface area contributed by atoms with Crippen LogP contribution in [0.3, 0.4) is 0 Å². The van der Waals surface area contributed by atoms with Crippen molar-refractivity contribution in [1.29, 1.82) is 0 Å². The van der Waals surface area contributed by atoms with Gasteiger partial charge in [0.25, 0.3) is 0 Å². The maximum Gasteiger partial charge on any atom is 0.0671 e. The maximum absolute atomic E-state index is 5.86. The Balaban J connectivity index is 1.50. The molecule has 2 rings (SSSR count). The van der Waals surface area contributed by atoms with E-state index in [1.807, 2.05) is 0 Å². The Labute approximate surface area is 117 Å². The highest BCUT2D eigenvalue weighted by molar-refractivity contribution is 5.14. The van der Waals surface area contributed by atoms with Crippen molar-refractivity contribution in [2.24, 2.45) is 0 Å². The fourth-order valence-corrected chi connectivity index (χ4v) is 2.73. The molecule has 0 bridgehead atoms. The van der Waals surface area contributed by atoms with Gasteiger partial charge in [-0.25, -0.2) is 0 Å². The lowest BCUT2D eigenvalue weighted by molar-refractivity contribution is 0.0625. The van der Waals surface area contributed by atoms with Crippen LogP contribution in [0, 0.1) is 0 Å². The van der Waals surface area contributed by atoms with Gasteiger partial charge in [0.2, 0.25) is 0 Å². The lowest BCUT2D eigenvalue weighted by Gasteiger charge is -2.17. The van der Waals surface area contributed by atoms with E-state index < -0.39 is 0 Å². The highest BCUT2D eigenvalue weighted by atomic mass is 16.5. The molecule has 0 spiro atoms. The average molecular weight is 261 g/mol. The third-order valence-electron chi connectivity index (χ3n) is 3.90. The summed E-state index contributed by atoms with van der Waals surface area (Å²) in [7, 11) is 0. The first-order valence-corrected chi connectivity index (χ1v) is 7.73. The Morgan fingerprint density at radius 1 is 1.21 bits per heavy atom. The molecule has 106 valence electrons. The molecule has 0 amide bonds. The molecule has 0 saturated heterocycles. The second-order valence-corrected chi connectivity index (χ2v) is 5.66. The normalized spacial score (nSPS) is 17.7. The highest BCUT2D eigenvalue weighted by Gasteiger charge is 2.14. The van der Waals surface area contributed by atoms with Crippen LogP contribution in [-0.2, 0) is 11.2 Å². The number of rotatable bonds is 8. The van der Waals surface area contributed by atoms with E-state index in [-0.39, 0.29) is 0 Å². The minimum Gasteiger partial charge on any atom is -0.377 e. The Morgan fingerprint density at radius 2 is 1.95 bits per heavy atom. The fourth-order valence-electron chi connectivity index (χ4n) is 2.73. The standard InChI is InChI=1S/C17H27NO/c1-15(14-18-17-11-5-6-12-17)19-13-7-10-16-8-3-2-4-9-16/h2-4,8-9,15,17-18H,5-7,10-14H2,1H3. The maximum atomic E-state index is 5.86. The molecule has 0 aromatic heterocycles. The van der Waals surface area contributed by atoms with Crippen molar-refractivity contribution >= 4 is 0 Å². The third-order valence-corrected chi connectivity index (χ3v) is 3.90. The van der Waals surface area contributed by atoms with Crippen molar-refractivity contribution < 1.29 is 4.74 Å². The smallest absolute Gasteiger partial charge is 0.0671 e. The van der Waals surface area contributed by atoms with Crippen LogP contribution in [0.4, 0.5) is 0 Å². The quantitative estimate of drug-likeness (QED) is 0.723. The van der Waals surface area contributed by atoms with Gasteiger partial charge in [0.1, 0.15) is 0 Å². The van der Waals surface area contributed by atoms with Crippen molar-refractivity contribution in [2.75, 3.05) is 13.2 Å². The average Bonchev–Trinajstić information content (AvgIpc) is 2.96. The largest absolute Gasteiger partial charge is 0.377 e. The molecule has 2 nitrogen and oxygen atoms in total. The zero-order chi connectivity index (χ0) is 13.3. The number of hydrogen-bond acceptors (Lipinski definition) is 2. The van der Waals surface area contributed by atoms with E-state index in [2.05, 4.69) is 42.6 Å². The Kier molecular flexibility index (Phi) is 6.38. The first-order valence-electron chi connectivity index (χ1n) is 7.73. The first-order chi connectivity index (χ1) is 9.34. The Morgan fingerprint density at radius 3 is 2.68 bits per heavy atom. The van der Waals surface area contributed by atoms with E-state index in [1.165, 1.54) is 31.2 Å². The zero-order valence-electron chi connectivity index (χ0n) is 12.1. The van der Waals surface area contributed by atoms with Gasteiger partial charge in [-0.2, -0.15) is 0 Å². The first kappa shape index (κ1) is 14.5. The molecule has 1 fully saturated rings. The van der Waals surface area contributed by atoms with Crippen molar-refractivity contribution in [3.8, 4) is 0 Å². The van der Waals surface area contributed by atoms with Crippen LogP contribution in [0.15, 0.2) is 30.3 Å². The van der Waals surface area contributed by atoms with Gasteiger partial charge >= 0.3 is 0 Å². The van der Waals surface area contributed by atoms with Gasteiger partial charge in [0, 0.05) is 19.2 Å². The van der Waals surface area contributed by atoms with E-state index in [1.54, 1.807) is 0 Å². The number of ether oxygens (including phenoxy) is 1. The Bertz CT molecular complexity index is 332. The lowest BCUT2D eigenvalue weighted by atomic mass is 10.1. The molecular weight excluding hydrogens is 234 g/mol. The molecule has 0 aliphatic heterocycles. The summed E-state index contributed by atoms with van der Waals surface area (Å²) in [5.74, 6) is 0. The summed E-state index contributed by atoms with van der Waals surface area (Å²) in [6, 6.07) is 11.4. The molecule has 0 radical (unpaired) electrons. The van der Waals surface area contributed by atoms with Crippen molar-refractivity contribution in [3.63, 3.8) is 0 Å². The van der Waals surface area contributed by atoms with Gasteiger partial charge in [0.15, 0.2) is 0 Å². The molecule has 1 aromatic carbocycles. The molecule has 19 heavy (non-hydrogen) atoms. The molecule has 1 saturated carbocycles. The molecule has 1 atom stereocenters. The molecule has 1 aromatic rings. The summed E-state index contributed by atoms with van der Waals surface area (Å²) in [6.07, 6.45) is 8.04. The number of hydrogen-bond donors (Lipinski definition) is 1. The molecule has 1 unspecified atom stereocenters. The number of aryl methyl sites for hydroxylation is 1. The summed E-state index contributed by atoms with van der Waals surface area (Å²) < 4.78 is 5.86. The minimum atomic E-state index is 0.330. The second-order valence-electron chi connectivity index (χ2n) is 5.66. The summed E-state index contributed by atoms with van der Waals surface area (Å²) in [4.78, 5) is 0. The highest BCUT2D eigenvalue weighted by Crippen LogP contribution is 2.17. The van der Waals surface area contributed by atoms with Crippen molar-refractivity contribution in [3.05, 3.63) is 35.9 Å². The van der Waals surface area contributed by atoms with Crippen LogP contribution < -0.4 is 5.32 Å². The number of benzene rings is 1. The topological polar surface area (TPSA) is 21.3 Å². The Hall–Kier alpha value is -0.860. The van der Waals surface area contributed by atoms with Crippen molar-refractivity contribution in [2.45, 2.75) is 57.6 Å². The molecule has 1 aliphatic carbocycles. The van der Waals surface area contributed by atoms with Gasteiger partial charge in [0.05, 0.1) is 6.10 Å². The molecule has 1 aliphatic rings. The predicted octanol–water partition coefficient (Wildman–Crippen LogP) is 3.56. The van der Waals surface area contributed by atoms with Crippen LogP contribution in [0.1, 0.15) is 44.6 Å². The fraction of sp³-hybridized carbons (Fsp3) is 0.647. The minimum absolute atomic E-state index is 0.330. The van der Waals surface area contributed by atoms with Gasteiger partial charge in [-0.15, -0.1) is 0 Å². The zero-order valence-corrected chi connectivity index (χ0v) is 12.1. The van der Waals surface area contributed by atoms with Crippen LogP contribution in [0.5, 0.6) is 0 Å². The van der Waals surface area contributed by atoms with E-state index in [4.69, 9.17) is 4.74 Å². The van der Waals surface area contributed by atoms with Crippen LogP contribution in [0.2, 0.25) is 0 Å².